The molecule has 0 aliphatic heterocycles. The predicted molar refractivity (Wildman–Crippen MR) is 99.1 cm³/mol. The molecule has 26 heavy (non-hydrogen) atoms. The maximum absolute atomic E-state index is 13.3. The van der Waals surface area contributed by atoms with Crippen LogP contribution in [-0.2, 0) is 0 Å². The summed E-state index contributed by atoms with van der Waals surface area (Å²) in [6, 6.07) is 12.3. The van der Waals surface area contributed by atoms with Gasteiger partial charge in [-0.3, -0.25) is 4.79 Å². The van der Waals surface area contributed by atoms with Gasteiger partial charge in [-0.15, -0.1) is 0 Å². The number of hydrogen-bond donors (Lipinski definition) is 2. The van der Waals surface area contributed by atoms with Crippen molar-refractivity contribution in [2.24, 2.45) is 0 Å². The molecule has 7 heteroatoms. The highest BCUT2D eigenvalue weighted by Gasteiger charge is 2.15. The van der Waals surface area contributed by atoms with Gasteiger partial charge in [0, 0.05) is 11.6 Å². The van der Waals surface area contributed by atoms with Crippen LogP contribution in [-0.4, -0.2) is 12.5 Å². The summed E-state index contributed by atoms with van der Waals surface area (Å²) < 4.78 is 24.2. The van der Waals surface area contributed by atoms with E-state index in [4.69, 9.17) is 26.5 Å². The van der Waals surface area contributed by atoms with Gasteiger partial charge in [0.05, 0.1) is 23.0 Å². The van der Waals surface area contributed by atoms with E-state index in [1.807, 2.05) is 6.92 Å². The lowest BCUT2D eigenvalue weighted by Gasteiger charge is -2.09. The largest absolute Gasteiger partial charge is 0.494 e. The second-order valence-corrected chi connectivity index (χ2v) is 5.84. The zero-order valence-corrected chi connectivity index (χ0v) is 14.6. The highest BCUT2D eigenvalue weighted by molar-refractivity contribution is 6.31. The molecule has 0 saturated heterocycles. The van der Waals surface area contributed by atoms with Crippen molar-refractivity contribution >= 4 is 28.9 Å². The molecule has 3 N–H and O–H groups in total. The number of ether oxygens (including phenoxy) is 1. The number of carbonyl (C=O) groups is 1. The van der Waals surface area contributed by atoms with Gasteiger partial charge >= 0.3 is 0 Å². The lowest BCUT2D eigenvalue weighted by Crippen LogP contribution is -2.12. The highest BCUT2D eigenvalue weighted by Crippen LogP contribution is 2.28. The van der Waals surface area contributed by atoms with Crippen LogP contribution in [0.5, 0.6) is 5.75 Å². The fourth-order valence-corrected chi connectivity index (χ4v) is 2.54. The van der Waals surface area contributed by atoms with Crippen molar-refractivity contribution < 1.29 is 18.3 Å². The van der Waals surface area contributed by atoms with E-state index >= 15 is 0 Å². The van der Waals surface area contributed by atoms with Gasteiger partial charge in [0.1, 0.15) is 17.3 Å². The fraction of sp³-hybridized carbons (Fsp3) is 0.105. The van der Waals surface area contributed by atoms with E-state index in [-0.39, 0.29) is 10.8 Å². The van der Waals surface area contributed by atoms with Crippen molar-refractivity contribution in [3.05, 3.63) is 65.1 Å². The Kier molecular flexibility index (Phi) is 5.14. The van der Waals surface area contributed by atoms with Gasteiger partial charge in [-0.2, -0.15) is 0 Å². The second kappa shape index (κ2) is 7.49. The fourth-order valence-electron chi connectivity index (χ4n) is 2.36. The van der Waals surface area contributed by atoms with Crippen molar-refractivity contribution in [3.8, 4) is 17.1 Å². The Morgan fingerprint density at radius 1 is 1.23 bits per heavy atom. The van der Waals surface area contributed by atoms with E-state index in [9.17, 15) is 9.18 Å². The number of amides is 1. The lowest BCUT2D eigenvalue weighted by molar-refractivity contribution is 0.0997. The number of nitrogens with one attached hydrogen (secondary N) is 1. The molecule has 0 fully saturated rings. The molecule has 0 spiro atoms. The van der Waals surface area contributed by atoms with Crippen molar-refractivity contribution in [2.75, 3.05) is 17.7 Å². The van der Waals surface area contributed by atoms with E-state index in [2.05, 4.69) is 5.32 Å². The van der Waals surface area contributed by atoms with Crippen molar-refractivity contribution in [3.63, 3.8) is 0 Å². The average molecular weight is 375 g/mol. The molecule has 0 unspecified atom stereocenters. The molecule has 0 radical (unpaired) electrons. The molecule has 3 rings (SSSR count). The lowest BCUT2D eigenvalue weighted by atomic mass is 10.2. The van der Waals surface area contributed by atoms with Gasteiger partial charge in [0.15, 0.2) is 5.76 Å². The number of rotatable bonds is 5. The van der Waals surface area contributed by atoms with Gasteiger partial charge in [0.2, 0.25) is 0 Å². The number of benzene rings is 2. The number of furan rings is 1. The zero-order valence-electron chi connectivity index (χ0n) is 13.9. The standard InChI is InChI=1S/C19H16ClFN2O3/c1-2-25-12-4-6-16(15(22)10-12)23-19(24)18-8-7-17(26-18)11-3-5-14(21)13(20)9-11/h3-10H,2,22H2,1H3,(H,23,24). The Balaban J connectivity index is 1.77. The Morgan fingerprint density at radius 3 is 2.73 bits per heavy atom. The third-order valence-corrected chi connectivity index (χ3v) is 3.91. The summed E-state index contributed by atoms with van der Waals surface area (Å²) in [5.41, 5.74) is 7.32. The first-order valence-electron chi connectivity index (χ1n) is 7.87. The van der Waals surface area contributed by atoms with Crippen molar-refractivity contribution in [1.29, 1.82) is 0 Å². The molecule has 0 aliphatic carbocycles. The Bertz CT molecular complexity index is 956. The third-order valence-electron chi connectivity index (χ3n) is 3.62. The van der Waals surface area contributed by atoms with Gasteiger partial charge in [0.25, 0.3) is 5.91 Å². The maximum atomic E-state index is 13.3. The normalized spacial score (nSPS) is 10.6. The summed E-state index contributed by atoms with van der Waals surface area (Å²) in [5, 5.41) is 2.66. The molecule has 1 heterocycles. The van der Waals surface area contributed by atoms with E-state index in [0.29, 0.717) is 35.1 Å². The van der Waals surface area contributed by atoms with Crippen LogP contribution in [0.4, 0.5) is 15.8 Å². The second-order valence-electron chi connectivity index (χ2n) is 5.43. The molecular weight excluding hydrogens is 359 g/mol. The summed E-state index contributed by atoms with van der Waals surface area (Å²) in [7, 11) is 0. The van der Waals surface area contributed by atoms with Crippen LogP contribution < -0.4 is 15.8 Å². The van der Waals surface area contributed by atoms with Crippen LogP contribution in [0.25, 0.3) is 11.3 Å². The van der Waals surface area contributed by atoms with Crippen LogP contribution in [0.1, 0.15) is 17.5 Å². The minimum absolute atomic E-state index is 0.0212. The van der Waals surface area contributed by atoms with Gasteiger partial charge in [-0.25, -0.2) is 4.39 Å². The number of anilines is 2. The highest BCUT2D eigenvalue weighted by atomic mass is 35.5. The number of hydrogen-bond acceptors (Lipinski definition) is 4. The maximum Gasteiger partial charge on any atom is 0.291 e. The molecule has 1 amide bonds. The minimum atomic E-state index is -0.522. The van der Waals surface area contributed by atoms with E-state index in [1.54, 1.807) is 24.3 Å². The Labute approximate surface area is 154 Å². The van der Waals surface area contributed by atoms with Crippen LogP contribution >= 0.6 is 11.6 Å². The first-order chi connectivity index (χ1) is 12.5. The molecule has 2 aromatic carbocycles. The summed E-state index contributed by atoms with van der Waals surface area (Å²) in [4.78, 5) is 12.4. The van der Waals surface area contributed by atoms with E-state index < -0.39 is 11.7 Å². The molecular formula is C19H16ClFN2O3. The van der Waals surface area contributed by atoms with E-state index in [0.717, 1.165) is 0 Å². The van der Waals surface area contributed by atoms with Crippen LogP contribution in [0.3, 0.4) is 0 Å². The van der Waals surface area contributed by atoms with Crippen LogP contribution in [0.15, 0.2) is 52.9 Å². The quantitative estimate of drug-likeness (QED) is 0.618. The number of nitrogens with two attached hydrogens (primary N) is 1. The molecule has 0 atom stereocenters. The molecule has 3 aromatic rings. The first-order valence-corrected chi connectivity index (χ1v) is 8.24. The minimum Gasteiger partial charge on any atom is -0.494 e. The molecule has 0 bridgehead atoms. The molecule has 0 saturated carbocycles. The van der Waals surface area contributed by atoms with Crippen molar-refractivity contribution in [1.82, 2.24) is 0 Å². The Morgan fingerprint density at radius 2 is 2.04 bits per heavy atom. The molecule has 1 aromatic heterocycles. The Hall–Kier alpha value is -2.99. The zero-order chi connectivity index (χ0) is 18.7. The predicted octanol–water partition coefficient (Wildman–Crippen LogP) is 4.97. The van der Waals surface area contributed by atoms with Gasteiger partial charge in [-0.05, 0) is 49.4 Å². The molecule has 0 aliphatic rings. The average Bonchev–Trinajstić information content (AvgIpc) is 3.10. The summed E-state index contributed by atoms with van der Waals surface area (Å²) in [5.74, 6) is 0.133. The number of halogens is 2. The number of nitrogen functional groups attached to an aromatic ring is 1. The molecule has 5 nitrogen and oxygen atoms in total. The first kappa shape index (κ1) is 17.8. The van der Waals surface area contributed by atoms with E-state index in [1.165, 1.54) is 24.3 Å². The summed E-state index contributed by atoms with van der Waals surface area (Å²) in [6.07, 6.45) is 0. The van der Waals surface area contributed by atoms with Gasteiger partial charge < -0.3 is 20.2 Å². The van der Waals surface area contributed by atoms with Crippen LogP contribution in [0.2, 0.25) is 5.02 Å². The van der Waals surface area contributed by atoms with Crippen LogP contribution in [0, 0.1) is 5.82 Å². The summed E-state index contributed by atoms with van der Waals surface area (Å²) in [6.45, 7) is 2.39. The summed E-state index contributed by atoms with van der Waals surface area (Å²) >= 11 is 5.77. The smallest absolute Gasteiger partial charge is 0.291 e. The van der Waals surface area contributed by atoms with Gasteiger partial charge in [-0.1, -0.05) is 11.6 Å². The third kappa shape index (κ3) is 3.81. The monoisotopic (exact) mass is 374 g/mol. The SMILES string of the molecule is CCOc1ccc(NC(=O)c2ccc(-c3ccc(F)c(Cl)c3)o2)c(N)c1. The number of carbonyl (C=O) groups excluding carboxylic acids is 1. The van der Waals surface area contributed by atoms with Crippen molar-refractivity contribution in [2.45, 2.75) is 6.92 Å². The topological polar surface area (TPSA) is 77.5 Å². The molecule has 134 valence electrons.